The van der Waals surface area contributed by atoms with E-state index >= 15 is 0 Å². The van der Waals surface area contributed by atoms with Gasteiger partial charge in [0.1, 0.15) is 18.0 Å². The maximum Gasteiger partial charge on any atom is 0.294 e. The van der Waals surface area contributed by atoms with Crippen LogP contribution in [0, 0.1) is 6.92 Å². The fourth-order valence-electron chi connectivity index (χ4n) is 3.09. The Morgan fingerprint density at radius 3 is 2.55 bits per heavy atom. The Labute approximate surface area is 200 Å². The molecule has 3 aromatic carbocycles. The number of nitrogens with one attached hydrogen (secondary N) is 1. The summed E-state index contributed by atoms with van der Waals surface area (Å²) < 4.78 is 5.82. The quantitative estimate of drug-likeness (QED) is 0.432. The molecule has 1 saturated heterocycles. The summed E-state index contributed by atoms with van der Waals surface area (Å²) in [6.07, 6.45) is 1.61. The molecular formula is C25H19ClN2O4S. The first kappa shape index (κ1) is 22.6. The van der Waals surface area contributed by atoms with Crippen molar-refractivity contribution in [2.24, 2.45) is 0 Å². The molecule has 3 amide bonds. The van der Waals surface area contributed by atoms with Gasteiger partial charge in [0.15, 0.2) is 0 Å². The van der Waals surface area contributed by atoms with Gasteiger partial charge in [-0.2, -0.15) is 0 Å². The average Bonchev–Trinajstić information content (AvgIpc) is 3.04. The number of amides is 3. The van der Waals surface area contributed by atoms with E-state index in [1.807, 2.05) is 37.3 Å². The van der Waals surface area contributed by atoms with Gasteiger partial charge in [0.25, 0.3) is 11.1 Å². The van der Waals surface area contributed by atoms with Crippen molar-refractivity contribution >= 4 is 52.2 Å². The zero-order valence-corrected chi connectivity index (χ0v) is 19.2. The van der Waals surface area contributed by atoms with Gasteiger partial charge in [-0.15, -0.1) is 0 Å². The van der Waals surface area contributed by atoms with Crippen LogP contribution in [0.25, 0.3) is 6.08 Å². The van der Waals surface area contributed by atoms with Crippen LogP contribution < -0.4 is 10.1 Å². The largest absolute Gasteiger partial charge is 0.457 e. The lowest BCUT2D eigenvalue weighted by atomic mass is 10.2. The lowest BCUT2D eigenvalue weighted by Gasteiger charge is -2.13. The predicted octanol–water partition coefficient (Wildman–Crippen LogP) is 6.12. The molecule has 0 saturated carbocycles. The number of carbonyl (C=O) groups is 3. The van der Waals surface area contributed by atoms with Gasteiger partial charge in [0, 0.05) is 10.7 Å². The van der Waals surface area contributed by atoms with Crippen LogP contribution in [0.1, 0.15) is 11.1 Å². The van der Waals surface area contributed by atoms with Gasteiger partial charge in [0.2, 0.25) is 5.91 Å². The summed E-state index contributed by atoms with van der Waals surface area (Å²) in [4.78, 5) is 38.7. The van der Waals surface area contributed by atoms with E-state index in [0.29, 0.717) is 27.8 Å². The van der Waals surface area contributed by atoms with E-state index in [0.717, 1.165) is 22.2 Å². The zero-order chi connectivity index (χ0) is 23.4. The Hall–Kier alpha value is -3.55. The van der Waals surface area contributed by atoms with Crippen LogP contribution in [-0.4, -0.2) is 28.5 Å². The van der Waals surface area contributed by atoms with E-state index in [9.17, 15) is 14.4 Å². The number of hydrogen-bond acceptors (Lipinski definition) is 5. The number of rotatable bonds is 6. The molecule has 4 rings (SSSR count). The molecule has 1 aliphatic heterocycles. The summed E-state index contributed by atoms with van der Waals surface area (Å²) in [5.41, 5.74) is 2.07. The van der Waals surface area contributed by atoms with E-state index in [-0.39, 0.29) is 11.4 Å². The monoisotopic (exact) mass is 478 g/mol. The van der Waals surface area contributed by atoms with Crippen molar-refractivity contribution in [2.75, 3.05) is 11.9 Å². The van der Waals surface area contributed by atoms with Gasteiger partial charge in [-0.1, -0.05) is 48.0 Å². The molecule has 0 aromatic heterocycles. The van der Waals surface area contributed by atoms with Crippen LogP contribution in [0.15, 0.2) is 77.7 Å². The SMILES string of the molecule is Cc1ccc(NC(=O)CN2C(=O)S/C(=C/c3cccc(Oc4ccccc4)c3)C2=O)cc1Cl. The molecule has 1 N–H and O–H groups in total. The topological polar surface area (TPSA) is 75.7 Å². The third kappa shape index (κ3) is 5.63. The zero-order valence-electron chi connectivity index (χ0n) is 17.6. The number of imide groups is 1. The molecule has 1 aliphatic rings. The van der Waals surface area contributed by atoms with Crippen molar-refractivity contribution in [1.82, 2.24) is 4.90 Å². The van der Waals surface area contributed by atoms with Gasteiger partial charge in [-0.25, -0.2) is 0 Å². The van der Waals surface area contributed by atoms with Gasteiger partial charge in [-0.05, 0) is 72.3 Å². The smallest absolute Gasteiger partial charge is 0.294 e. The van der Waals surface area contributed by atoms with Crippen molar-refractivity contribution < 1.29 is 19.1 Å². The highest BCUT2D eigenvalue weighted by Gasteiger charge is 2.36. The molecule has 8 heteroatoms. The van der Waals surface area contributed by atoms with Crippen LogP contribution in [0.3, 0.4) is 0 Å². The number of benzene rings is 3. The van der Waals surface area contributed by atoms with E-state index in [1.54, 1.807) is 48.5 Å². The van der Waals surface area contributed by atoms with Crippen molar-refractivity contribution in [3.8, 4) is 11.5 Å². The van der Waals surface area contributed by atoms with Crippen LogP contribution in [0.2, 0.25) is 5.02 Å². The van der Waals surface area contributed by atoms with Gasteiger partial charge in [-0.3, -0.25) is 19.3 Å². The highest BCUT2D eigenvalue weighted by molar-refractivity contribution is 8.18. The summed E-state index contributed by atoms with van der Waals surface area (Å²) >= 11 is 6.87. The molecule has 166 valence electrons. The second kappa shape index (κ2) is 9.94. The summed E-state index contributed by atoms with van der Waals surface area (Å²) in [5, 5.41) is 2.67. The van der Waals surface area contributed by atoms with Gasteiger partial charge >= 0.3 is 0 Å². The normalized spacial score (nSPS) is 14.6. The fraction of sp³-hybridized carbons (Fsp3) is 0.0800. The van der Waals surface area contributed by atoms with Crippen LogP contribution in [0.5, 0.6) is 11.5 Å². The highest BCUT2D eigenvalue weighted by Crippen LogP contribution is 2.33. The molecule has 3 aromatic rings. The first-order valence-corrected chi connectivity index (χ1v) is 11.2. The number of carbonyl (C=O) groups excluding carboxylic acids is 3. The fourth-order valence-corrected chi connectivity index (χ4v) is 4.11. The summed E-state index contributed by atoms with van der Waals surface area (Å²) in [6, 6.07) is 21.6. The van der Waals surface area contributed by atoms with Crippen molar-refractivity contribution in [1.29, 1.82) is 0 Å². The highest BCUT2D eigenvalue weighted by atomic mass is 35.5. The van der Waals surface area contributed by atoms with E-state index in [4.69, 9.17) is 16.3 Å². The number of para-hydroxylation sites is 1. The number of thioether (sulfide) groups is 1. The predicted molar refractivity (Wildman–Crippen MR) is 130 cm³/mol. The number of aryl methyl sites for hydroxylation is 1. The van der Waals surface area contributed by atoms with E-state index in [1.165, 1.54) is 0 Å². The molecule has 1 heterocycles. The van der Waals surface area contributed by atoms with Crippen LogP contribution >= 0.6 is 23.4 Å². The third-order valence-corrected chi connectivity index (χ3v) is 6.08. The first-order chi connectivity index (χ1) is 15.9. The number of ether oxygens (including phenoxy) is 1. The Balaban J connectivity index is 1.43. The maximum atomic E-state index is 12.8. The molecular weight excluding hydrogens is 460 g/mol. The molecule has 0 unspecified atom stereocenters. The first-order valence-electron chi connectivity index (χ1n) is 10.0. The van der Waals surface area contributed by atoms with Gasteiger partial charge < -0.3 is 10.1 Å². The average molecular weight is 479 g/mol. The Morgan fingerprint density at radius 2 is 1.79 bits per heavy atom. The van der Waals surface area contributed by atoms with Crippen LogP contribution in [-0.2, 0) is 9.59 Å². The summed E-state index contributed by atoms with van der Waals surface area (Å²) in [5.74, 6) is 0.286. The molecule has 0 spiro atoms. The molecule has 0 aliphatic carbocycles. The van der Waals surface area contributed by atoms with Crippen molar-refractivity contribution in [3.63, 3.8) is 0 Å². The molecule has 0 radical (unpaired) electrons. The molecule has 6 nitrogen and oxygen atoms in total. The van der Waals surface area contributed by atoms with Crippen molar-refractivity contribution in [3.05, 3.63) is 93.9 Å². The minimum atomic E-state index is -0.517. The third-order valence-electron chi connectivity index (χ3n) is 4.77. The van der Waals surface area contributed by atoms with Gasteiger partial charge in [0.05, 0.1) is 4.91 Å². The number of nitrogens with zero attached hydrogens (tertiary/aromatic N) is 1. The summed E-state index contributed by atoms with van der Waals surface area (Å²) in [7, 11) is 0. The Kier molecular flexibility index (Phi) is 6.82. The second-order valence-corrected chi connectivity index (χ2v) is 8.67. The molecule has 33 heavy (non-hydrogen) atoms. The lowest BCUT2D eigenvalue weighted by molar-refractivity contribution is -0.127. The van der Waals surface area contributed by atoms with Crippen molar-refractivity contribution in [2.45, 2.75) is 6.92 Å². The Morgan fingerprint density at radius 1 is 1.03 bits per heavy atom. The minimum Gasteiger partial charge on any atom is -0.457 e. The summed E-state index contributed by atoms with van der Waals surface area (Å²) in [6.45, 7) is 1.47. The van der Waals surface area contributed by atoms with Crippen LogP contribution in [0.4, 0.5) is 10.5 Å². The lowest BCUT2D eigenvalue weighted by Crippen LogP contribution is -2.36. The maximum absolute atomic E-state index is 12.8. The Bertz CT molecular complexity index is 1260. The number of hydrogen-bond donors (Lipinski definition) is 1. The number of anilines is 1. The second-order valence-electron chi connectivity index (χ2n) is 7.27. The van der Waals surface area contributed by atoms with E-state index in [2.05, 4.69) is 5.32 Å². The molecule has 0 bridgehead atoms. The number of halogens is 1. The molecule has 1 fully saturated rings. The van der Waals surface area contributed by atoms with E-state index < -0.39 is 17.1 Å². The standard InChI is InChI=1S/C25H19ClN2O4S/c1-16-10-11-18(14-21(16)26)27-23(29)15-28-24(30)22(33-25(28)31)13-17-6-5-9-20(12-17)32-19-7-3-2-4-8-19/h2-14H,15H2,1H3,(H,27,29)/b22-13+. The minimum absolute atomic E-state index is 0.239. The molecule has 0 atom stereocenters.